The monoisotopic (exact) mass is 572 g/mol. The van der Waals surface area contributed by atoms with Crippen LogP contribution < -0.4 is 0 Å². The van der Waals surface area contributed by atoms with Crippen LogP contribution >= 0.6 is 0 Å². The molecule has 4 heteroatoms. The van der Waals surface area contributed by atoms with Crippen molar-refractivity contribution in [3.63, 3.8) is 0 Å². The number of allylic oxidation sites excluding steroid dienone is 2. The zero-order chi connectivity index (χ0) is 27.4. The van der Waals surface area contributed by atoms with Gasteiger partial charge in [0.1, 0.15) is 0 Å². The molecule has 0 atom stereocenters. The summed E-state index contributed by atoms with van der Waals surface area (Å²) in [5, 5.41) is 4.39. The van der Waals surface area contributed by atoms with Gasteiger partial charge in [0.15, 0.2) is 0 Å². The fourth-order valence-electron chi connectivity index (χ4n) is 11.3. The van der Waals surface area contributed by atoms with Crippen molar-refractivity contribution in [3.05, 3.63) is 82.2 Å². The third kappa shape index (κ3) is 3.42. The Morgan fingerprint density at radius 1 is 0.605 bits per heavy atom. The summed E-state index contributed by atoms with van der Waals surface area (Å²) in [4.78, 5) is 0. The predicted molar refractivity (Wildman–Crippen MR) is 177 cm³/mol. The molecular formula is C34H52Si4. The molecule has 0 amide bonds. The Bertz CT molecular complexity index is 1150. The van der Waals surface area contributed by atoms with E-state index in [0.717, 1.165) is 17.8 Å². The molecule has 0 N–H and O–H groups in total. The average Bonchev–Trinajstić information content (AvgIpc) is 2.81. The first-order valence-corrected chi connectivity index (χ1v) is 30.1. The minimum Gasteiger partial charge on any atom is -0.0776 e. The fraction of sp³-hybridized carbons (Fsp3) is 0.588. The van der Waals surface area contributed by atoms with Crippen LogP contribution in [0.5, 0.6) is 0 Å². The predicted octanol–water partition coefficient (Wildman–Crippen LogP) is 9.74. The highest BCUT2D eigenvalue weighted by Gasteiger charge is 2.74. The number of hydrogen-bond acceptors (Lipinski definition) is 0. The molecule has 7 rings (SSSR count). The molecule has 2 aromatic carbocycles. The second kappa shape index (κ2) is 8.53. The van der Waals surface area contributed by atoms with Crippen LogP contribution in [0.25, 0.3) is 0 Å². The molecular weight excluding hydrogens is 521 g/mol. The zero-order valence-electron chi connectivity index (χ0n) is 25.7. The van der Waals surface area contributed by atoms with Gasteiger partial charge in [-0.2, -0.15) is 0 Å². The summed E-state index contributed by atoms with van der Waals surface area (Å²) in [7, 11) is -6.65. The molecule has 0 aromatic heterocycles. The number of rotatable bonds is 6. The van der Waals surface area contributed by atoms with Crippen molar-refractivity contribution in [2.24, 2.45) is 23.2 Å². The van der Waals surface area contributed by atoms with E-state index >= 15 is 0 Å². The van der Waals surface area contributed by atoms with Crippen LogP contribution in [0.15, 0.2) is 71.1 Å². The maximum atomic E-state index is 2.94. The van der Waals surface area contributed by atoms with Crippen LogP contribution in [-0.4, -0.2) is 30.4 Å². The average molecular weight is 573 g/mol. The maximum absolute atomic E-state index is 2.94. The van der Waals surface area contributed by atoms with Gasteiger partial charge in [-0.25, -0.2) is 0 Å². The van der Waals surface area contributed by atoms with Crippen molar-refractivity contribution in [1.82, 2.24) is 0 Å². The molecule has 4 aliphatic carbocycles. The lowest BCUT2D eigenvalue weighted by atomic mass is 9.49. The molecule has 2 aromatic rings. The Labute approximate surface area is 237 Å². The molecule has 0 spiro atoms. The summed E-state index contributed by atoms with van der Waals surface area (Å²) < 4.78 is 0. The van der Waals surface area contributed by atoms with Crippen LogP contribution in [0.1, 0.15) is 49.7 Å². The van der Waals surface area contributed by atoms with Crippen molar-refractivity contribution in [3.8, 4) is 0 Å². The summed E-state index contributed by atoms with van der Waals surface area (Å²) >= 11 is 0. The van der Waals surface area contributed by atoms with Crippen molar-refractivity contribution in [2.75, 3.05) is 0 Å². The van der Waals surface area contributed by atoms with Crippen LogP contribution in [0, 0.1) is 23.2 Å². The molecule has 0 unspecified atom stereocenters. The largest absolute Gasteiger partial charge is 0.0958 e. The van der Waals surface area contributed by atoms with Crippen molar-refractivity contribution in [2.45, 2.75) is 102 Å². The highest BCUT2D eigenvalue weighted by atomic mass is 29.6. The van der Waals surface area contributed by atoms with E-state index in [2.05, 4.69) is 130 Å². The highest BCUT2D eigenvalue weighted by molar-refractivity contribution is 7.71. The Hall–Kier alpha value is -0.952. The second-order valence-corrected chi connectivity index (χ2v) is 49.4. The van der Waals surface area contributed by atoms with Gasteiger partial charge in [0.2, 0.25) is 0 Å². The SMILES string of the molecule is C[Si]1(C)C(C23CC4CC(CC(C4)C2)C3)=C([Si](C)([Si](C)(C)C)[Si](C)(C)C)C1(c1ccccc1)c1ccccc1. The van der Waals surface area contributed by atoms with E-state index in [9.17, 15) is 0 Å². The third-order valence-electron chi connectivity index (χ3n) is 12.7. The van der Waals surface area contributed by atoms with E-state index in [-0.39, 0.29) is 5.04 Å². The van der Waals surface area contributed by atoms with Crippen molar-refractivity contribution >= 4 is 30.4 Å². The summed E-state index contributed by atoms with van der Waals surface area (Å²) in [6.07, 6.45) is 9.21. The van der Waals surface area contributed by atoms with E-state index in [4.69, 9.17) is 0 Å². The molecule has 5 aliphatic rings. The lowest BCUT2D eigenvalue weighted by Gasteiger charge is -2.72. The van der Waals surface area contributed by atoms with Crippen LogP contribution in [-0.2, 0) is 5.04 Å². The van der Waals surface area contributed by atoms with E-state index < -0.39 is 30.4 Å². The molecule has 0 nitrogen and oxygen atoms in total. The Kier molecular flexibility index (Phi) is 6.11. The molecule has 4 saturated carbocycles. The molecule has 0 saturated heterocycles. The normalized spacial score (nSPS) is 31.9. The lowest BCUT2D eigenvalue weighted by molar-refractivity contribution is -0.0287. The standard InChI is InChI=1S/C34H52Si4/c1-35(2,3)38(9,36(4,5)6)32-31(33-23-26-20-27(24-33)22-28(21-26)25-33)37(7,8)34(32,29-16-12-10-13-17-29)30-18-14-11-15-19-30/h10-19,26-28H,20-25H2,1-9H3. The molecule has 204 valence electrons. The second-order valence-electron chi connectivity index (χ2n) is 16.7. The summed E-state index contributed by atoms with van der Waals surface area (Å²) in [6.45, 7) is 25.2. The van der Waals surface area contributed by atoms with E-state index in [1.165, 1.54) is 19.3 Å². The first kappa shape index (κ1) is 27.2. The quantitative estimate of drug-likeness (QED) is 0.302. The van der Waals surface area contributed by atoms with Crippen molar-refractivity contribution in [1.29, 1.82) is 0 Å². The smallest absolute Gasteiger partial charge is 0.0776 e. The minimum absolute atomic E-state index is 0.135. The first-order chi connectivity index (χ1) is 17.7. The molecule has 1 aliphatic heterocycles. The van der Waals surface area contributed by atoms with Crippen LogP contribution in [0.4, 0.5) is 0 Å². The van der Waals surface area contributed by atoms with Gasteiger partial charge in [0, 0.05) is 20.2 Å². The minimum atomic E-state index is -1.90. The zero-order valence-corrected chi connectivity index (χ0v) is 29.7. The van der Waals surface area contributed by atoms with Gasteiger partial charge in [-0.3, -0.25) is 0 Å². The van der Waals surface area contributed by atoms with Gasteiger partial charge < -0.3 is 0 Å². The van der Waals surface area contributed by atoms with Gasteiger partial charge in [0.05, 0.1) is 15.2 Å². The summed E-state index contributed by atoms with van der Waals surface area (Å²) in [6, 6.07) is 24.0. The third-order valence-corrected chi connectivity index (χ3v) is 58.5. The Morgan fingerprint density at radius 3 is 1.32 bits per heavy atom. The molecule has 1 heterocycles. The van der Waals surface area contributed by atoms with E-state index in [1.807, 2.05) is 0 Å². The maximum Gasteiger partial charge on any atom is 0.0958 e. The van der Waals surface area contributed by atoms with Gasteiger partial charge in [-0.1, -0.05) is 130 Å². The van der Waals surface area contributed by atoms with E-state index in [0.29, 0.717) is 5.41 Å². The fourth-order valence-corrected chi connectivity index (χ4v) is 60.3. The van der Waals surface area contributed by atoms with Crippen LogP contribution in [0.2, 0.25) is 58.9 Å². The van der Waals surface area contributed by atoms with E-state index in [1.54, 1.807) is 30.4 Å². The lowest BCUT2D eigenvalue weighted by Crippen LogP contribution is -2.81. The van der Waals surface area contributed by atoms with Gasteiger partial charge in [0.25, 0.3) is 0 Å². The summed E-state index contributed by atoms with van der Waals surface area (Å²) in [5.74, 6) is 3.03. The topological polar surface area (TPSA) is 0 Å². The summed E-state index contributed by atoms with van der Waals surface area (Å²) in [5.41, 5.74) is 3.78. The molecule has 0 radical (unpaired) electrons. The highest BCUT2D eigenvalue weighted by Crippen LogP contribution is 2.73. The number of benzene rings is 2. The Balaban J connectivity index is 1.76. The van der Waals surface area contributed by atoms with Gasteiger partial charge >= 0.3 is 0 Å². The number of hydrogen-bond donors (Lipinski definition) is 0. The van der Waals surface area contributed by atoms with Gasteiger partial charge in [-0.05, 0) is 72.8 Å². The molecule has 38 heavy (non-hydrogen) atoms. The first-order valence-electron chi connectivity index (χ1n) is 15.6. The van der Waals surface area contributed by atoms with Crippen molar-refractivity contribution < 1.29 is 0 Å². The molecule has 4 bridgehead atoms. The Morgan fingerprint density at radius 2 is 0.974 bits per heavy atom. The van der Waals surface area contributed by atoms with Crippen LogP contribution in [0.3, 0.4) is 0 Å². The molecule has 4 fully saturated rings. The van der Waals surface area contributed by atoms with Gasteiger partial charge in [-0.15, -0.1) is 0 Å².